The maximum atomic E-state index is 11.2. The van der Waals surface area contributed by atoms with Crippen LogP contribution < -0.4 is 4.74 Å². The minimum Gasteiger partial charge on any atom is -0.507 e. The van der Waals surface area contributed by atoms with Crippen LogP contribution in [0, 0.1) is 10.7 Å². The van der Waals surface area contributed by atoms with Gasteiger partial charge < -0.3 is 9.84 Å². The van der Waals surface area contributed by atoms with Gasteiger partial charge in [0.1, 0.15) is 17.3 Å². The van der Waals surface area contributed by atoms with Crippen LogP contribution in [0.15, 0.2) is 30.3 Å². The zero-order chi connectivity index (χ0) is 15.6. The zero-order valence-corrected chi connectivity index (χ0v) is 17.5. The molecule has 0 aliphatic rings. The number of aromatic hydroxyl groups is 1. The number of carbonyl (C=O) groups is 1. The van der Waals surface area contributed by atoms with Crippen molar-refractivity contribution >= 4 is 73.6 Å². The molecule has 0 unspecified atom stereocenters. The van der Waals surface area contributed by atoms with Crippen molar-refractivity contribution in [2.24, 2.45) is 0 Å². The third-order valence-electron chi connectivity index (χ3n) is 2.65. The zero-order valence-electron chi connectivity index (χ0n) is 11.0. The second kappa shape index (κ2) is 7.44. The fourth-order valence-corrected chi connectivity index (χ4v) is 4.37. The molecule has 0 saturated carbocycles. The van der Waals surface area contributed by atoms with Crippen molar-refractivity contribution in [2.45, 2.75) is 13.3 Å². The van der Waals surface area contributed by atoms with E-state index in [4.69, 9.17) is 4.74 Å². The van der Waals surface area contributed by atoms with Gasteiger partial charge >= 0.3 is 0 Å². The van der Waals surface area contributed by atoms with Gasteiger partial charge in [-0.1, -0.05) is 0 Å². The quantitative estimate of drug-likeness (QED) is 0.483. The van der Waals surface area contributed by atoms with E-state index < -0.39 is 0 Å². The number of phenols is 1. The van der Waals surface area contributed by atoms with Crippen molar-refractivity contribution in [1.82, 2.24) is 0 Å². The average Bonchev–Trinajstić information content (AvgIpc) is 2.37. The van der Waals surface area contributed by atoms with Crippen LogP contribution in [0.3, 0.4) is 0 Å². The van der Waals surface area contributed by atoms with Gasteiger partial charge in [0.25, 0.3) is 0 Å². The first-order valence-electron chi connectivity index (χ1n) is 6.00. The summed E-state index contributed by atoms with van der Waals surface area (Å²) in [6.45, 7) is 1.59. The molecule has 0 amide bonds. The Balaban J connectivity index is 2.31. The summed E-state index contributed by atoms with van der Waals surface area (Å²) in [6, 6.07) is 9.05. The summed E-state index contributed by atoms with van der Waals surface area (Å²) in [6.07, 6.45) is 0.434. The van der Waals surface area contributed by atoms with Gasteiger partial charge in [-0.3, -0.25) is 4.79 Å². The predicted octanol–water partition coefficient (Wildman–Crippen LogP) is 5.13. The Kier molecular flexibility index (Phi) is 6.12. The first-order chi connectivity index (χ1) is 9.86. The molecule has 2 aromatic carbocycles. The lowest BCUT2D eigenvalue weighted by Gasteiger charge is -2.12. The smallest absolute Gasteiger partial charge is 0.154 e. The third-order valence-corrected chi connectivity index (χ3v) is 5.12. The SMILES string of the molecule is CC(=O)Cc1cc(I)c(Oc2ccc(O)c(I)c2)c(I)c1. The first-order valence-corrected chi connectivity index (χ1v) is 9.24. The molecule has 3 nitrogen and oxygen atoms in total. The molecule has 2 aromatic rings. The lowest BCUT2D eigenvalue weighted by Crippen LogP contribution is -1.99. The van der Waals surface area contributed by atoms with Gasteiger partial charge in [0.2, 0.25) is 0 Å². The Morgan fingerprint density at radius 3 is 2.24 bits per heavy atom. The maximum absolute atomic E-state index is 11.2. The van der Waals surface area contributed by atoms with Crippen molar-refractivity contribution in [3.05, 3.63) is 46.6 Å². The molecule has 0 fully saturated rings. The number of carbonyl (C=O) groups excluding carboxylic acids is 1. The summed E-state index contributed by atoms with van der Waals surface area (Å²) in [5.41, 5.74) is 0.990. The average molecular weight is 620 g/mol. The fourth-order valence-electron chi connectivity index (χ4n) is 1.77. The molecule has 0 bridgehead atoms. The number of phenolic OH excluding ortho intramolecular Hbond substituents is 1. The van der Waals surface area contributed by atoms with Gasteiger partial charge in [0.05, 0.1) is 10.7 Å². The van der Waals surface area contributed by atoms with E-state index in [0.29, 0.717) is 12.2 Å². The number of ether oxygens (including phenoxy) is 1. The topological polar surface area (TPSA) is 46.5 Å². The summed E-state index contributed by atoms with van der Waals surface area (Å²) in [5.74, 6) is 1.82. The van der Waals surface area contributed by atoms with Crippen LogP contribution in [0.25, 0.3) is 0 Å². The molecule has 1 N–H and O–H groups in total. The highest BCUT2D eigenvalue weighted by molar-refractivity contribution is 14.1. The maximum Gasteiger partial charge on any atom is 0.154 e. The molecule has 110 valence electrons. The van der Waals surface area contributed by atoms with E-state index in [1.807, 2.05) is 12.1 Å². The summed E-state index contributed by atoms with van der Waals surface area (Å²) < 4.78 is 8.57. The number of ketones is 1. The van der Waals surface area contributed by atoms with Gasteiger partial charge in [-0.2, -0.15) is 0 Å². The van der Waals surface area contributed by atoms with Crippen molar-refractivity contribution in [3.63, 3.8) is 0 Å². The van der Waals surface area contributed by atoms with Crippen molar-refractivity contribution < 1.29 is 14.6 Å². The Labute approximate surface area is 163 Å². The van der Waals surface area contributed by atoms with Crippen LogP contribution in [0.1, 0.15) is 12.5 Å². The van der Waals surface area contributed by atoms with Crippen LogP contribution in [0.2, 0.25) is 0 Å². The molecule has 0 spiro atoms. The summed E-state index contributed by atoms with van der Waals surface area (Å²) in [5, 5.41) is 9.54. The highest BCUT2D eigenvalue weighted by Crippen LogP contribution is 2.34. The first kappa shape index (κ1) is 17.3. The molecule has 21 heavy (non-hydrogen) atoms. The molecule has 0 aromatic heterocycles. The summed E-state index contributed by atoms with van der Waals surface area (Å²) in [4.78, 5) is 11.2. The van der Waals surface area contributed by atoms with E-state index >= 15 is 0 Å². The lowest BCUT2D eigenvalue weighted by atomic mass is 10.1. The number of halogens is 3. The molecule has 6 heteroatoms. The molecule has 0 radical (unpaired) electrons. The van der Waals surface area contributed by atoms with Gasteiger partial charge in [-0.05, 0) is 111 Å². The normalized spacial score (nSPS) is 10.5. The third kappa shape index (κ3) is 4.68. The van der Waals surface area contributed by atoms with E-state index in [1.165, 1.54) is 0 Å². The second-order valence-electron chi connectivity index (χ2n) is 4.48. The van der Waals surface area contributed by atoms with Crippen LogP contribution >= 0.6 is 67.8 Å². The molecule has 0 aliphatic heterocycles. The van der Waals surface area contributed by atoms with Gasteiger partial charge in [-0.15, -0.1) is 0 Å². The minimum atomic E-state index is 0.142. The Morgan fingerprint density at radius 2 is 1.71 bits per heavy atom. The van der Waals surface area contributed by atoms with Crippen LogP contribution in [-0.2, 0) is 11.2 Å². The molecule has 2 rings (SSSR count). The summed E-state index contributed by atoms with van der Waals surface area (Å²) in [7, 11) is 0. The molecule has 0 aliphatic carbocycles. The van der Waals surface area contributed by atoms with E-state index in [0.717, 1.165) is 22.0 Å². The van der Waals surface area contributed by atoms with E-state index in [2.05, 4.69) is 67.8 Å². The highest BCUT2D eigenvalue weighted by atomic mass is 127. The summed E-state index contributed by atoms with van der Waals surface area (Å²) >= 11 is 6.47. The number of rotatable bonds is 4. The highest BCUT2D eigenvalue weighted by Gasteiger charge is 2.12. The number of hydrogen-bond donors (Lipinski definition) is 1. The molecular formula is C15H11I3O3. The number of Topliss-reactive ketones (excluding diaryl/α,β-unsaturated/α-hetero) is 1. The monoisotopic (exact) mass is 620 g/mol. The molecular weight excluding hydrogens is 609 g/mol. The van der Waals surface area contributed by atoms with E-state index in [9.17, 15) is 9.90 Å². The van der Waals surface area contributed by atoms with Crippen molar-refractivity contribution in [1.29, 1.82) is 0 Å². The van der Waals surface area contributed by atoms with Crippen LogP contribution in [-0.4, -0.2) is 10.9 Å². The molecule has 0 atom stereocenters. The number of benzene rings is 2. The van der Waals surface area contributed by atoms with E-state index in [1.54, 1.807) is 25.1 Å². The Bertz CT molecular complexity index is 676. The van der Waals surface area contributed by atoms with Gasteiger partial charge in [0, 0.05) is 6.42 Å². The lowest BCUT2D eigenvalue weighted by molar-refractivity contribution is -0.116. The predicted molar refractivity (Wildman–Crippen MR) is 107 cm³/mol. The van der Waals surface area contributed by atoms with Gasteiger partial charge in [-0.25, -0.2) is 0 Å². The molecule has 0 heterocycles. The molecule has 0 saturated heterocycles. The van der Waals surface area contributed by atoms with Crippen molar-refractivity contribution in [3.8, 4) is 17.2 Å². The Hall–Kier alpha value is -0.100. The second-order valence-corrected chi connectivity index (χ2v) is 7.97. The van der Waals surface area contributed by atoms with Crippen LogP contribution in [0.4, 0.5) is 0 Å². The number of hydrogen-bond acceptors (Lipinski definition) is 3. The largest absolute Gasteiger partial charge is 0.507 e. The fraction of sp³-hybridized carbons (Fsp3) is 0.133. The van der Waals surface area contributed by atoms with Gasteiger partial charge in [0.15, 0.2) is 5.75 Å². The van der Waals surface area contributed by atoms with Crippen LogP contribution in [0.5, 0.6) is 17.2 Å². The minimum absolute atomic E-state index is 0.142. The van der Waals surface area contributed by atoms with Crippen molar-refractivity contribution in [2.75, 3.05) is 0 Å². The van der Waals surface area contributed by atoms with E-state index in [-0.39, 0.29) is 11.5 Å². The standard InChI is InChI=1S/C15H11I3O3/c1-8(19)4-9-5-12(17)15(13(18)6-9)21-10-2-3-14(20)11(16)7-10/h2-3,5-7,20H,4H2,1H3. The Morgan fingerprint density at radius 1 is 1.10 bits per heavy atom.